The molecule has 1 aliphatic heterocycles. The smallest absolute Gasteiger partial charge is 0.150 e. The van der Waals surface area contributed by atoms with Crippen molar-refractivity contribution in [1.29, 1.82) is 0 Å². The van der Waals surface area contributed by atoms with Crippen LogP contribution in [0.3, 0.4) is 0 Å². The molecule has 1 aliphatic rings. The molecule has 24 heavy (non-hydrogen) atoms. The highest BCUT2D eigenvalue weighted by molar-refractivity contribution is 9.10. The molecule has 4 rings (SSSR count). The minimum Gasteiger partial charge on any atom is -0.356 e. The first-order valence-electron chi connectivity index (χ1n) is 7.89. The largest absolute Gasteiger partial charge is 0.356 e. The average Bonchev–Trinajstić information content (AvgIpc) is 2.92. The highest BCUT2D eigenvalue weighted by Gasteiger charge is 2.21. The summed E-state index contributed by atoms with van der Waals surface area (Å²) in [5.74, 6) is -1.15. The van der Waals surface area contributed by atoms with E-state index < -0.39 is 11.6 Å². The number of aromatic nitrogens is 2. The Morgan fingerprint density at radius 2 is 1.92 bits per heavy atom. The fourth-order valence-corrected chi connectivity index (χ4v) is 3.66. The summed E-state index contributed by atoms with van der Waals surface area (Å²) in [6.07, 6.45) is 2.98. The minimum atomic E-state index is -0.575. The summed E-state index contributed by atoms with van der Waals surface area (Å²) in [6, 6.07) is 9.20. The molecule has 0 bridgehead atoms. The highest BCUT2D eigenvalue weighted by Crippen LogP contribution is 2.34. The van der Waals surface area contributed by atoms with Gasteiger partial charge in [-0.2, -0.15) is 5.10 Å². The van der Waals surface area contributed by atoms with Gasteiger partial charge in [0, 0.05) is 12.0 Å². The molecule has 1 saturated heterocycles. The lowest BCUT2D eigenvalue weighted by Crippen LogP contribution is -2.19. The van der Waals surface area contributed by atoms with Crippen LogP contribution < -0.4 is 0 Å². The Kier molecular flexibility index (Phi) is 4.10. The van der Waals surface area contributed by atoms with E-state index in [1.54, 1.807) is 12.1 Å². The third-order valence-corrected chi connectivity index (χ3v) is 4.93. The van der Waals surface area contributed by atoms with Crippen molar-refractivity contribution in [3.05, 3.63) is 52.6 Å². The van der Waals surface area contributed by atoms with Crippen molar-refractivity contribution in [2.75, 3.05) is 6.61 Å². The first-order valence-corrected chi connectivity index (χ1v) is 8.68. The Labute approximate surface area is 146 Å². The minimum absolute atomic E-state index is 0.0204. The molecule has 1 atom stereocenters. The Hall–Kier alpha value is -1.79. The second-order valence-corrected chi connectivity index (χ2v) is 6.64. The van der Waals surface area contributed by atoms with Gasteiger partial charge in [0.25, 0.3) is 0 Å². The van der Waals surface area contributed by atoms with Crippen molar-refractivity contribution in [3.8, 4) is 11.1 Å². The van der Waals surface area contributed by atoms with E-state index in [0.717, 1.165) is 36.8 Å². The molecular formula is C18H15BrF2N2O. The van der Waals surface area contributed by atoms with Crippen LogP contribution >= 0.6 is 15.9 Å². The van der Waals surface area contributed by atoms with Crippen molar-refractivity contribution in [2.24, 2.45) is 0 Å². The molecule has 2 heterocycles. The molecular weight excluding hydrogens is 378 g/mol. The van der Waals surface area contributed by atoms with E-state index >= 15 is 0 Å². The van der Waals surface area contributed by atoms with Crippen LogP contribution in [0.2, 0.25) is 0 Å². The second-order valence-electron chi connectivity index (χ2n) is 5.89. The van der Waals surface area contributed by atoms with Gasteiger partial charge in [0.05, 0.1) is 11.1 Å². The Morgan fingerprint density at radius 1 is 1.12 bits per heavy atom. The van der Waals surface area contributed by atoms with E-state index in [9.17, 15) is 8.78 Å². The predicted molar refractivity (Wildman–Crippen MR) is 91.6 cm³/mol. The van der Waals surface area contributed by atoms with Gasteiger partial charge in [0.2, 0.25) is 0 Å². The fourth-order valence-electron chi connectivity index (χ4n) is 3.17. The summed E-state index contributed by atoms with van der Waals surface area (Å²) in [6.45, 7) is 0.724. The van der Waals surface area contributed by atoms with E-state index in [0.29, 0.717) is 10.2 Å². The van der Waals surface area contributed by atoms with Crippen molar-refractivity contribution < 1.29 is 13.5 Å². The molecule has 0 spiro atoms. The van der Waals surface area contributed by atoms with Crippen LogP contribution in [0.1, 0.15) is 25.5 Å². The monoisotopic (exact) mass is 392 g/mol. The van der Waals surface area contributed by atoms with Crippen molar-refractivity contribution in [2.45, 2.75) is 25.5 Å². The molecule has 6 heteroatoms. The summed E-state index contributed by atoms with van der Waals surface area (Å²) in [5.41, 5.74) is 1.35. The number of fused-ring (bicyclic) bond motifs is 1. The molecule has 0 amide bonds. The van der Waals surface area contributed by atoms with Crippen LogP contribution in [0.4, 0.5) is 8.78 Å². The fraction of sp³-hybridized carbons (Fsp3) is 0.278. The molecule has 2 aromatic carbocycles. The van der Waals surface area contributed by atoms with Crippen LogP contribution in [-0.4, -0.2) is 16.4 Å². The molecule has 0 N–H and O–H groups in total. The van der Waals surface area contributed by atoms with E-state index in [2.05, 4.69) is 21.0 Å². The lowest BCUT2D eigenvalue weighted by molar-refractivity contribution is -0.0368. The summed E-state index contributed by atoms with van der Waals surface area (Å²) in [5, 5.41) is 5.32. The van der Waals surface area contributed by atoms with E-state index in [-0.39, 0.29) is 11.8 Å². The van der Waals surface area contributed by atoms with Crippen molar-refractivity contribution in [3.63, 3.8) is 0 Å². The zero-order valence-corrected chi connectivity index (χ0v) is 14.4. The van der Waals surface area contributed by atoms with Crippen LogP contribution in [0.5, 0.6) is 0 Å². The maximum atomic E-state index is 14.0. The molecule has 1 fully saturated rings. The molecule has 3 aromatic rings. The third-order valence-electron chi connectivity index (χ3n) is 4.34. The van der Waals surface area contributed by atoms with Gasteiger partial charge in [-0.15, -0.1) is 0 Å². The Bertz CT molecular complexity index is 883. The van der Waals surface area contributed by atoms with Gasteiger partial charge in [0.1, 0.15) is 16.2 Å². The number of ether oxygens (including phenoxy) is 1. The summed E-state index contributed by atoms with van der Waals surface area (Å²) < 4.78 is 36.4. The standard InChI is InChI=1S/C18H15BrF2N2O/c19-18-12-10-11(17-13(20)4-3-5-14(17)21)7-8-15(12)23(22-18)16-6-1-2-9-24-16/h3-5,7-8,10,16H,1-2,6,9H2. The zero-order chi connectivity index (χ0) is 16.7. The second kappa shape index (κ2) is 6.26. The van der Waals surface area contributed by atoms with Gasteiger partial charge >= 0.3 is 0 Å². The summed E-state index contributed by atoms with van der Waals surface area (Å²) in [7, 11) is 0. The molecule has 0 saturated carbocycles. The number of nitrogens with zero attached hydrogens (tertiary/aromatic N) is 2. The van der Waals surface area contributed by atoms with E-state index in [1.807, 2.05) is 10.7 Å². The van der Waals surface area contributed by atoms with Gasteiger partial charge < -0.3 is 4.74 Å². The topological polar surface area (TPSA) is 27.1 Å². The molecule has 0 aliphatic carbocycles. The van der Waals surface area contributed by atoms with Gasteiger partial charge in [-0.1, -0.05) is 12.1 Å². The molecule has 124 valence electrons. The van der Waals surface area contributed by atoms with Gasteiger partial charge in [-0.3, -0.25) is 0 Å². The number of rotatable bonds is 2. The molecule has 3 nitrogen and oxygen atoms in total. The highest BCUT2D eigenvalue weighted by atomic mass is 79.9. The van der Waals surface area contributed by atoms with E-state index in [1.165, 1.54) is 18.2 Å². The van der Waals surface area contributed by atoms with Crippen molar-refractivity contribution in [1.82, 2.24) is 9.78 Å². The molecule has 1 aromatic heterocycles. The number of benzene rings is 2. The van der Waals surface area contributed by atoms with Crippen LogP contribution in [0, 0.1) is 11.6 Å². The predicted octanol–water partition coefficient (Wildman–Crippen LogP) is 5.44. The quantitative estimate of drug-likeness (QED) is 0.580. The molecule has 1 unspecified atom stereocenters. The third kappa shape index (κ3) is 2.63. The first-order chi connectivity index (χ1) is 11.6. The summed E-state index contributed by atoms with van der Waals surface area (Å²) in [4.78, 5) is 0. The van der Waals surface area contributed by atoms with Gasteiger partial charge in [-0.25, -0.2) is 13.5 Å². The maximum Gasteiger partial charge on any atom is 0.150 e. The number of halogens is 3. The number of hydrogen-bond donors (Lipinski definition) is 0. The normalized spacial score (nSPS) is 18.2. The lowest BCUT2D eigenvalue weighted by Gasteiger charge is -2.23. The van der Waals surface area contributed by atoms with Crippen LogP contribution in [-0.2, 0) is 4.74 Å². The number of hydrogen-bond acceptors (Lipinski definition) is 2. The Balaban J connectivity index is 1.83. The molecule has 0 radical (unpaired) electrons. The average molecular weight is 393 g/mol. The van der Waals surface area contributed by atoms with Crippen molar-refractivity contribution >= 4 is 26.8 Å². The van der Waals surface area contributed by atoms with Gasteiger partial charge in [0.15, 0.2) is 6.23 Å². The first kappa shape index (κ1) is 15.7. The maximum absolute atomic E-state index is 14.0. The van der Waals surface area contributed by atoms with Crippen LogP contribution in [0.15, 0.2) is 41.0 Å². The Morgan fingerprint density at radius 3 is 2.62 bits per heavy atom. The zero-order valence-electron chi connectivity index (χ0n) is 12.8. The SMILES string of the molecule is Fc1cccc(F)c1-c1ccc2c(c1)c(Br)nn2C1CCCCO1. The summed E-state index contributed by atoms with van der Waals surface area (Å²) >= 11 is 3.45. The van der Waals surface area contributed by atoms with E-state index in [4.69, 9.17) is 4.74 Å². The lowest BCUT2D eigenvalue weighted by atomic mass is 10.0. The van der Waals surface area contributed by atoms with Crippen LogP contribution in [0.25, 0.3) is 22.0 Å². The van der Waals surface area contributed by atoms with Gasteiger partial charge in [-0.05, 0) is 65.0 Å².